The van der Waals surface area contributed by atoms with E-state index in [2.05, 4.69) is 27.8 Å². The van der Waals surface area contributed by atoms with Gasteiger partial charge in [0.05, 0.1) is 17.3 Å². The van der Waals surface area contributed by atoms with Crippen molar-refractivity contribution in [3.63, 3.8) is 0 Å². The summed E-state index contributed by atoms with van der Waals surface area (Å²) in [7, 11) is 1.55. The molecule has 6 nitrogen and oxygen atoms in total. The number of methoxy groups -OCH3 is 1. The van der Waals surface area contributed by atoms with Gasteiger partial charge in [-0.3, -0.25) is 14.9 Å². The van der Waals surface area contributed by atoms with E-state index in [0.29, 0.717) is 32.9 Å². The van der Waals surface area contributed by atoms with Crippen LogP contribution >= 0.6 is 27.5 Å². The van der Waals surface area contributed by atoms with Crippen LogP contribution in [-0.4, -0.2) is 25.0 Å². The molecule has 0 spiro atoms. The number of hydrogen-bond donors (Lipinski definition) is 1. The number of allylic oxidation sites excluding steroid dienone is 1. The molecule has 148 valence electrons. The summed E-state index contributed by atoms with van der Waals surface area (Å²) < 4.78 is 6.06. The zero-order valence-electron chi connectivity index (χ0n) is 15.4. The SMILES string of the molecule is C=CCc1cc(/C=C2\C(=O)NC(=O)N(c3ccc(Cl)cc3)C2=O)cc(Br)c1OC. The molecule has 1 heterocycles. The molecule has 2 aromatic rings. The number of carbonyl (C=O) groups is 3. The van der Waals surface area contributed by atoms with Crippen molar-refractivity contribution in [2.45, 2.75) is 6.42 Å². The van der Waals surface area contributed by atoms with E-state index >= 15 is 0 Å². The fourth-order valence-electron chi connectivity index (χ4n) is 2.94. The van der Waals surface area contributed by atoms with Gasteiger partial charge in [0.25, 0.3) is 11.8 Å². The van der Waals surface area contributed by atoms with Crippen molar-refractivity contribution in [1.29, 1.82) is 0 Å². The second kappa shape index (κ2) is 8.63. The first kappa shape index (κ1) is 20.8. The minimum absolute atomic E-state index is 0.166. The van der Waals surface area contributed by atoms with E-state index < -0.39 is 17.8 Å². The number of nitrogens with one attached hydrogen (secondary N) is 1. The monoisotopic (exact) mass is 474 g/mol. The Balaban J connectivity index is 2.04. The first-order valence-corrected chi connectivity index (χ1v) is 9.67. The van der Waals surface area contributed by atoms with Crippen LogP contribution in [-0.2, 0) is 16.0 Å². The number of imide groups is 2. The maximum absolute atomic E-state index is 12.9. The van der Waals surface area contributed by atoms with Crippen molar-refractivity contribution in [3.05, 3.63) is 75.2 Å². The number of carbonyl (C=O) groups excluding carboxylic acids is 3. The summed E-state index contributed by atoms with van der Waals surface area (Å²) in [6, 6.07) is 8.87. The number of ether oxygens (including phenoxy) is 1. The van der Waals surface area contributed by atoms with E-state index in [4.69, 9.17) is 16.3 Å². The van der Waals surface area contributed by atoms with E-state index in [1.807, 2.05) is 0 Å². The largest absolute Gasteiger partial charge is 0.495 e. The summed E-state index contributed by atoms with van der Waals surface area (Å²) in [5.74, 6) is -0.842. The maximum Gasteiger partial charge on any atom is 0.335 e. The molecule has 4 amide bonds. The van der Waals surface area contributed by atoms with Crippen molar-refractivity contribution < 1.29 is 19.1 Å². The van der Waals surface area contributed by atoms with Crippen LogP contribution in [0.4, 0.5) is 10.5 Å². The molecule has 2 aromatic carbocycles. The molecule has 0 bridgehead atoms. The van der Waals surface area contributed by atoms with Crippen LogP contribution in [0, 0.1) is 0 Å². The number of amides is 4. The number of halogens is 2. The molecule has 1 aliphatic rings. The van der Waals surface area contributed by atoms with Crippen molar-refractivity contribution in [3.8, 4) is 5.75 Å². The van der Waals surface area contributed by atoms with E-state index in [0.717, 1.165) is 10.5 Å². The molecule has 1 N–H and O–H groups in total. The van der Waals surface area contributed by atoms with E-state index in [-0.39, 0.29) is 5.57 Å². The van der Waals surface area contributed by atoms with Crippen molar-refractivity contribution in [2.24, 2.45) is 0 Å². The van der Waals surface area contributed by atoms with Crippen LogP contribution in [0.2, 0.25) is 5.02 Å². The number of hydrogen-bond acceptors (Lipinski definition) is 4. The maximum atomic E-state index is 12.9. The van der Waals surface area contributed by atoms with Crippen LogP contribution < -0.4 is 15.0 Å². The first-order chi connectivity index (χ1) is 13.8. The number of rotatable bonds is 5. The van der Waals surface area contributed by atoms with E-state index in [1.54, 1.807) is 37.5 Å². The third kappa shape index (κ3) is 4.26. The topological polar surface area (TPSA) is 75.7 Å². The Morgan fingerprint density at radius 3 is 2.52 bits per heavy atom. The van der Waals surface area contributed by atoms with Crippen LogP contribution in [0.15, 0.2) is 59.1 Å². The second-order valence-electron chi connectivity index (χ2n) is 6.12. The quantitative estimate of drug-likeness (QED) is 0.392. The van der Waals surface area contributed by atoms with Crippen molar-refractivity contribution in [2.75, 3.05) is 12.0 Å². The highest BCUT2D eigenvalue weighted by Crippen LogP contribution is 2.32. The minimum Gasteiger partial charge on any atom is -0.495 e. The molecule has 0 saturated carbocycles. The molecule has 0 aliphatic carbocycles. The standard InChI is InChI=1S/C21H16BrClN2O4/c1-3-4-13-9-12(11-17(22)18(13)29-2)10-16-19(26)24-21(28)25(20(16)27)15-7-5-14(23)6-8-15/h3,5-11H,1,4H2,2H3,(H,24,26,28)/b16-10+. The predicted octanol–water partition coefficient (Wildman–Crippen LogP) is 4.51. The number of nitrogens with zero attached hydrogens (tertiary/aromatic N) is 1. The summed E-state index contributed by atoms with van der Waals surface area (Å²) in [5, 5.41) is 2.65. The average Bonchev–Trinajstić information content (AvgIpc) is 2.67. The molecular weight excluding hydrogens is 460 g/mol. The van der Waals surface area contributed by atoms with Gasteiger partial charge in [-0.25, -0.2) is 9.69 Å². The van der Waals surface area contributed by atoms with Gasteiger partial charge in [-0.1, -0.05) is 17.7 Å². The molecule has 0 radical (unpaired) electrons. The Kier molecular flexibility index (Phi) is 6.20. The molecule has 0 atom stereocenters. The van der Waals surface area contributed by atoms with Crippen LogP contribution in [0.3, 0.4) is 0 Å². The molecule has 1 fully saturated rings. The second-order valence-corrected chi connectivity index (χ2v) is 7.41. The Morgan fingerprint density at radius 2 is 1.90 bits per heavy atom. The fraction of sp³-hybridized carbons (Fsp3) is 0.0952. The van der Waals surface area contributed by atoms with Crippen LogP contribution in [0.25, 0.3) is 6.08 Å². The Labute approximate surface area is 180 Å². The van der Waals surface area contributed by atoms with Crippen LogP contribution in [0.1, 0.15) is 11.1 Å². The summed E-state index contributed by atoms with van der Waals surface area (Å²) in [4.78, 5) is 38.4. The highest BCUT2D eigenvalue weighted by Gasteiger charge is 2.36. The molecule has 0 unspecified atom stereocenters. The molecule has 8 heteroatoms. The predicted molar refractivity (Wildman–Crippen MR) is 115 cm³/mol. The third-order valence-electron chi connectivity index (χ3n) is 4.21. The number of barbiturate groups is 1. The lowest BCUT2D eigenvalue weighted by Gasteiger charge is -2.26. The fourth-order valence-corrected chi connectivity index (χ4v) is 3.75. The number of anilines is 1. The van der Waals surface area contributed by atoms with Gasteiger partial charge in [0.2, 0.25) is 0 Å². The molecule has 1 saturated heterocycles. The Morgan fingerprint density at radius 1 is 1.21 bits per heavy atom. The summed E-state index contributed by atoms with van der Waals surface area (Å²) in [6.45, 7) is 3.73. The molecule has 29 heavy (non-hydrogen) atoms. The van der Waals surface area contributed by atoms with Gasteiger partial charge in [0.15, 0.2) is 0 Å². The van der Waals surface area contributed by atoms with Crippen molar-refractivity contribution in [1.82, 2.24) is 5.32 Å². The Bertz CT molecular complexity index is 1050. The summed E-state index contributed by atoms with van der Waals surface area (Å²) in [5.41, 5.74) is 1.57. The lowest BCUT2D eigenvalue weighted by atomic mass is 10.0. The molecular formula is C21H16BrClN2O4. The molecule has 0 aromatic heterocycles. The molecule has 1 aliphatic heterocycles. The van der Waals surface area contributed by atoms with E-state index in [9.17, 15) is 14.4 Å². The van der Waals surface area contributed by atoms with Gasteiger partial charge in [-0.2, -0.15) is 0 Å². The number of benzene rings is 2. The third-order valence-corrected chi connectivity index (χ3v) is 5.05. The minimum atomic E-state index is -0.817. The lowest BCUT2D eigenvalue weighted by molar-refractivity contribution is -0.122. The average molecular weight is 476 g/mol. The smallest absolute Gasteiger partial charge is 0.335 e. The van der Waals surface area contributed by atoms with Gasteiger partial charge in [0, 0.05) is 5.02 Å². The zero-order valence-corrected chi connectivity index (χ0v) is 17.7. The Hall–Kier alpha value is -2.90. The summed E-state index contributed by atoms with van der Waals surface area (Å²) in [6.07, 6.45) is 3.69. The van der Waals surface area contributed by atoms with Gasteiger partial charge in [-0.05, 0) is 76.0 Å². The number of urea groups is 1. The molecule has 3 rings (SSSR count). The van der Waals surface area contributed by atoms with Gasteiger partial charge in [0.1, 0.15) is 11.3 Å². The van der Waals surface area contributed by atoms with Gasteiger partial charge >= 0.3 is 6.03 Å². The van der Waals surface area contributed by atoms with Crippen LogP contribution in [0.5, 0.6) is 5.75 Å². The highest BCUT2D eigenvalue weighted by molar-refractivity contribution is 9.10. The normalized spacial score (nSPS) is 15.5. The van der Waals surface area contributed by atoms with Crippen molar-refractivity contribution >= 4 is 57.1 Å². The van der Waals surface area contributed by atoms with Gasteiger partial charge in [-0.15, -0.1) is 6.58 Å². The highest BCUT2D eigenvalue weighted by atomic mass is 79.9. The first-order valence-electron chi connectivity index (χ1n) is 8.50. The van der Waals surface area contributed by atoms with Gasteiger partial charge < -0.3 is 4.74 Å². The van der Waals surface area contributed by atoms with E-state index in [1.165, 1.54) is 18.2 Å². The lowest BCUT2D eigenvalue weighted by Crippen LogP contribution is -2.54. The zero-order chi connectivity index (χ0) is 21.1. The summed E-state index contributed by atoms with van der Waals surface area (Å²) >= 11 is 9.31.